The molecule has 19 heavy (non-hydrogen) atoms. The van der Waals surface area contributed by atoms with Gasteiger partial charge in [0.2, 0.25) is 0 Å². The molecule has 102 valence electrons. The summed E-state index contributed by atoms with van der Waals surface area (Å²) < 4.78 is 5.33. The van der Waals surface area contributed by atoms with Gasteiger partial charge >= 0.3 is 0 Å². The standard InChI is InChI=1S/C15H20N2O2/c1-2-3-4-5-9-17-15(18)12-19-14-8-6-7-13(10-14)11-16/h6-8,10H,2-5,9,12H2,1H3,(H,17,18). The number of nitrogens with zero attached hydrogens (tertiary/aromatic N) is 1. The molecule has 0 unspecified atom stereocenters. The zero-order valence-corrected chi connectivity index (χ0v) is 11.3. The second-order valence-corrected chi connectivity index (χ2v) is 4.34. The maximum absolute atomic E-state index is 11.5. The topological polar surface area (TPSA) is 62.1 Å². The Kier molecular flexibility index (Phi) is 7.11. The molecule has 4 heteroatoms. The second kappa shape index (κ2) is 8.98. The van der Waals surface area contributed by atoms with Gasteiger partial charge in [-0.2, -0.15) is 5.26 Å². The molecule has 1 rings (SSSR count). The van der Waals surface area contributed by atoms with Crippen LogP contribution in [0.4, 0.5) is 0 Å². The van der Waals surface area contributed by atoms with Crippen molar-refractivity contribution in [3.8, 4) is 11.8 Å². The van der Waals surface area contributed by atoms with Crippen LogP contribution in [0.5, 0.6) is 5.75 Å². The minimum Gasteiger partial charge on any atom is -0.484 e. The van der Waals surface area contributed by atoms with Gasteiger partial charge in [0.15, 0.2) is 6.61 Å². The van der Waals surface area contributed by atoms with Crippen molar-refractivity contribution in [2.75, 3.05) is 13.2 Å². The first kappa shape index (κ1) is 15.0. The van der Waals surface area contributed by atoms with E-state index in [0.717, 1.165) is 12.8 Å². The normalized spacial score (nSPS) is 9.68. The minimum atomic E-state index is -0.126. The second-order valence-electron chi connectivity index (χ2n) is 4.34. The van der Waals surface area contributed by atoms with Crippen molar-refractivity contribution in [3.63, 3.8) is 0 Å². The van der Waals surface area contributed by atoms with Crippen LogP contribution in [0.1, 0.15) is 38.2 Å². The molecule has 0 aliphatic carbocycles. The van der Waals surface area contributed by atoms with Crippen molar-refractivity contribution in [1.29, 1.82) is 5.26 Å². The van der Waals surface area contributed by atoms with E-state index in [0.29, 0.717) is 17.9 Å². The highest BCUT2D eigenvalue weighted by atomic mass is 16.5. The summed E-state index contributed by atoms with van der Waals surface area (Å²) in [6, 6.07) is 8.81. The number of unbranched alkanes of at least 4 members (excludes halogenated alkanes) is 3. The van der Waals surface area contributed by atoms with Gasteiger partial charge in [-0.3, -0.25) is 4.79 Å². The molecule has 1 amide bonds. The maximum atomic E-state index is 11.5. The van der Waals surface area contributed by atoms with E-state index in [9.17, 15) is 4.79 Å². The molecule has 0 aromatic heterocycles. The Morgan fingerprint density at radius 3 is 2.95 bits per heavy atom. The smallest absolute Gasteiger partial charge is 0.257 e. The van der Waals surface area contributed by atoms with Crippen LogP contribution in [0, 0.1) is 11.3 Å². The average molecular weight is 260 g/mol. The number of carbonyl (C=O) groups is 1. The van der Waals surface area contributed by atoms with Crippen LogP contribution < -0.4 is 10.1 Å². The summed E-state index contributed by atoms with van der Waals surface area (Å²) >= 11 is 0. The van der Waals surface area contributed by atoms with Crippen molar-refractivity contribution >= 4 is 5.91 Å². The first-order chi connectivity index (χ1) is 9.26. The van der Waals surface area contributed by atoms with Gasteiger partial charge in [0.05, 0.1) is 11.6 Å². The number of ether oxygens (including phenoxy) is 1. The molecule has 1 N–H and O–H groups in total. The molecule has 0 aliphatic rings. The van der Waals surface area contributed by atoms with E-state index < -0.39 is 0 Å². The average Bonchev–Trinajstić information content (AvgIpc) is 2.45. The Morgan fingerprint density at radius 1 is 1.37 bits per heavy atom. The van der Waals surface area contributed by atoms with Gasteiger partial charge < -0.3 is 10.1 Å². The quantitative estimate of drug-likeness (QED) is 0.731. The molecule has 0 aliphatic heterocycles. The van der Waals surface area contributed by atoms with Crippen LogP contribution in [-0.2, 0) is 4.79 Å². The number of hydrogen-bond acceptors (Lipinski definition) is 3. The summed E-state index contributed by atoms with van der Waals surface area (Å²) in [4.78, 5) is 11.5. The monoisotopic (exact) mass is 260 g/mol. The fraction of sp³-hybridized carbons (Fsp3) is 0.467. The Balaban J connectivity index is 2.21. The predicted octanol–water partition coefficient (Wildman–Crippen LogP) is 2.63. The van der Waals surface area contributed by atoms with Crippen molar-refractivity contribution in [1.82, 2.24) is 5.32 Å². The summed E-state index contributed by atoms with van der Waals surface area (Å²) in [6.45, 7) is 2.84. The molecule has 0 bridgehead atoms. The van der Waals surface area contributed by atoms with E-state index in [4.69, 9.17) is 10.00 Å². The highest BCUT2D eigenvalue weighted by molar-refractivity contribution is 5.77. The molecule has 0 fully saturated rings. The van der Waals surface area contributed by atoms with Crippen molar-refractivity contribution in [2.45, 2.75) is 32.6 Å². The van der Waals surface area contributed by atoms with E-state index >= 15 is 0 Å². The predicted molar refractivity (Wildman–Crippen MR) is 73.8 cm³/mol. The fourth-order valence-corrected chi connectivity index (χ4v) is 1.63. The molecule has 0 radical (unpaired) electrons. The highest BCUT2D eigenvalue weighted by Gasteiger charge is 2.02. The van der Waals surface area contributed by atoms with E-state index in [-0.39, 0.29) is 12.5 Å². The number of amides is 1. The number of nitriles is 1. The lowest BCUT2D eigenvalue weighted by Crippen LogP contribution is -2.29. The summed E-state index contributed by atoms with van der Waals surface area (Å²) in [6.07, 6.45) is 4.53. The summed E-state index contributed by atoms with van der Waals surface area (Å²) in [5, 5.41) is 11.6. The zero-order chi connectivity index (χ0) is 13.9. The van der Waals surface area contributed by atoms with E-state index in [1.165, 1.54) is 12.8 Å². The summed E-state index contributed by atoms with van der Waals surface area (Å²) in [7, 11) is 0. The van der Waals surface area contributed by atoms with Gasteiger partial charge in [-0.05, 0) is 24.6 Å². The minimum absolute atomic E-state index is 0.0113. The van der Waals surface area contributed by atoms with E-state index in [2.05, 4.69) is 12.2 Å². The zero-order valence-electron chi connectivity index (χ0n) is 11.3. The largest absolute Gasteiger partial charge is 0.484 e. The Morgan fingerprint density at radius 2 is 2.21 bits per heavy atom. The molecule has 4 nitrogen and oxygen atoms in total. The third-order valence-electron chi connectivity index (χ3n) is 2.69. The lowest BCUT2D eigenvalue weighted by Gasteiger charge is -2.07. The lowest BCUT2D eigenvalue weighted by molar-refractivity contribution is -0.123. The molecule has 0 heterocycles. The van der Waals surface area contributed by atoms with Crippen LogP contribution in [0.3, 0.4) is 0 Å². The van der Waals surface area contributed by atoms with Crippen LogP contribution in [0.15, 0.2) is 24.3 Å². The molecule has 0 atom stereocenters. The molecule has 0 spiro atoms. The first-order valence-corrected chi connectivity index (χ1v) is 6.66. The fourth-order valence-electron chi connectivity index (χ4n) is 1.63. The summed E-state index contributed by atoms with van der Waals surface area (Å²) in [5.41, 5.74) is 0.525. The van der Waals surface area contributed by atoms with Crippen LogP contribution in [0.25, 0.3) is 0 Å². The molecule has 1 aromatic rings. The van der Waals surface area contributed by atoms with Gasteiger partial charge in [0.25, 0.3) is 5.91 Å². The van der Waals surface area contributed by atoms with E-state index in [1.54, 1.807) is 24.3 Å². The van der Waals surface area contributed by atoms with Crippen LogP contribution in [-0.4, -0.2) is 19.1 Å². The molecule has 1 aromatic carbocycles. The van der Waals surface area contributed by atoms with Gasteiger partial charge in [0, 0.05) is 6.54 Å². The van der Waals surface area contributed by atoms with Crippen molar-refractivity contribution < 1.29 is 9.53 Å². The molecular weight excluding hydrogens is 240 g/mol. The Labute approximate surface area is 114 Å². The Hall–Kier alpha value is -2.02. The van der Waals surface area contributed by atoms with Crippen LogP contribution >= 0.6 is 0 Å². The Bertz CT molecular complexity index is 438. The maximum Gasteiger partial charge on any atom is 0.257 e. The van der Waals surface area contributed by atoms with Gasteiger partial charge in [-0.25, -0.2) is 0 Å². The number of nitrogens with one attached hydrogen (secondary N) is 1. The van der Waals surface area contributed by atoms with Crippen LogP contribution in [0.2, 0.25) is 0 Å². The van der Waals surface area contributed by atoms with Crippen molar-refractivity contribution in [3.05, 3.63) is 29.8 Å². The summed E-state index contributed by atoms with van der Waals surface area (Å²) in [5.74, 6) is 0.416. The van der Waals surface area contributed by atoms with Gasteiger partial charge in [0.1, 0.15) is 5.75 Å². The molecular formula is C15H20N2O2. The third-order valence-corrected chi connectivity index (χ3v) is 2.69. The van der Waals surface area contributed by atoms with Gasteiger partial charge in [-0.1, -0.05) is 32.3 Å². The lowest BCUT2D eigenvalue weighted by atomic mass is 10.2. The first-order valence-electron chi connectivity index (χ1n) is 6.66. The van der Waals surface area contributed by atoms with Gasteiger partial charge in [-0.15, -0.1) is 0 Å². The number of rotatable bonds is 8. The number of carbonyl (C=O) groups excluding carboxylic acids is 1. The van der Waals surface area contributed by atoms with E-state index in [1.807, 2.05) is 6.07 Å². The number of hydrogen-bond donors (Lipinski definition) is 1. The third kappa shape index (κ3) is 6.46. The van der Waals surface area contributed by atoms with Crippen molar-refractivity contribution in [2.24, 2.45) is 0 Å². The molecule has 0 saturated heterocycles. The number of benzene rings is 1. The SMILES string of the molecule is CCCCCCNC(=O)COc1cccc(C#N)c1. The molecule has 0 saturated carbocycles. The highest BCUT2D eigenvalue weighted by Crippen LogP contribution is 2.12.